The second-order valence-corrected chi connectivity index (χ2v) is 6.46. The van der Waals surface area contributed by atoms with Gasteiger partial charge in [-0.1, -0.05) is 44.2 Å². The lowest BCUT2D eigenvalue weighted by molar-refractivity contribution is -0.112. The highest BCUT2D eigenvalue weighted by Gasteiger charge is 2.33. The van der Waals surface area contributed by atoms with E-state index in [1.807, 2.05) is 60.4 Å². The molecule has 23 heavy (non-hydrogen) atoms. The minimum Gasteiger partial charge on any atom is -0.306 e. The zero-order valence-corrected chi connectivity index (χ0v) is 13.9. The Bertz CT molecular complexity index is 762. The lowest BCUT2D eigenvalue weighted by Crippen LogP contribution is -2.31. The summed E-state index contributed by atoms with van der Waals surface area (Å²) >= 11 is 0. The van der Waals surface area contributed by atoms with Gasteiger partial charge in [0, 0.05) is 12.1 Å². The zero-order chi connectivity index (χ0) is 16.4. The number of fused-ring (bicyclic) bond motifs is 1. The molecule has 2 aromatic rings. The van der Waals surface area contributed by atoms with Gasteiger partial charge in [0.05, 0.1) is 11.4 Å². The Morgan fingerprint density at radius 3 is 2.61 bits per heavy atom. The van der Waals surface area contributed by atoms with Gasteiger partial charge in [-0.2, -0.15) is 0 Å². The molecule has 1 aliphatic rings. The van der Waals surface area contributed by atoms with E-state index in [1.165, 1.54) is 0 Å². The Morgan fingerprint density at radius 1 is 1.09 bits per heavy atom. The molecule has 118 valence electrons. The minimum absolute atomic E-state index is 0.00774. The van der Waals surface area contributed by atoms with E-state index >= 15 is 0 Å². The molecule has 2 aromatic carbocycles. The molecule has 3 heteroatoms. The van der Waals surface area contributed by atoms with E-state index in [0.717, 1.165) is 35.5 Å². The Balaban J connectivity index is 2.00. The van der Waals surface area contributed by atoms with Gasteiger partial charge >= 0.3 is 0 Å². The van der Waals surface area contributed by atoms with E-state index in [-0.39, 0.29) is 5.91 Å². The third kappa shape index (κ3) is 3.19. The van der Waals surface area contributed by atoms with E-state index in [1.54, 1.807) is 0 Å². The maximum atomic E-state index is 12.9. The Labute approximate surface area is 137 Å². The highest BCUT2D eigenvalue weighted by Crippen LogP contribution is 2.31. The Morgan fingerprint density at radius 2 is 1.87 bits per heavy atom. The summed E-state index contributed by atoms with van der Waals surface area (Å²) in [5.74, 6) is 0.570. The number of hydrogen-bond acceptors (Lipinski definition) is 2. The predicted octanol–water partition coefficient (Wildman–Crippen LogP) is 4.51. The van der Waals surface area contributed by atoms with Crippen LogP contribution in [0.5, 0.6) is 0 Å². The largest absolute Gasteiger partial charge is 0.306 e. The van der Waals surface area contributed by atoms with Crippen molar-refractivity contribution in [1.29, 1.82) is 0 Å². The Kier molecular flexibility index (Phi) is 4.28. The molecule has 3 rings (SSSR count). The van der Waals surface area contributed by atoms with Crippen LogP contribution in [0.15, 0.2) is 53.5 Å². The maximum absolute atomic E-state index is 12.9. The van der Waals surface area contributed by atoms with Gasteiger partial charge in [0.1, 0.15) is 5.71 Å². The molecule has 0 radical (unpaired) electrons. The van der Waals surface area contributed by atoms with Crippen LogP contribution < -0.4 is 4.90 Å². The van der Waals surface area contributed by atoms with Crippen LogP contribution in [0, 0.1) is 12.8 Å². The number of nitrogens with zero attached hydrogens (tertiary/aromatic N) is 2. The molecule has 1 aliphatic heterocycles. The summed E-state index contributed by atoms with van der Waals surface area (Å²) in [6.45, 7) is 7.12. The molecule has 0 aliphatic carbocycles. The summed E-state index contributed by atoms with van der Waals surface area (Å²) in [5.41, 5.74) is 4.43. The third-order valence-corrected chi connectivity index (χ3v) is 4.07. The molecule has 1 amide bonds. The van der Waals surface area contributed by atoms with E-state index in [9.17, 15) is 4.79 Å². The van der Waals surface area contributed by atoms with E-state index in [2.05, 4.69) is 18.8 Å². The fourth-order valence-electron chi connectivity index (χ4n) is 2.81. The summed E-state index contributed by atoms with van der Waals surface area (Å²) in [7, 11) is 0. The standard InChI is InChI=1S/C20H22N2O/c1-14(2)11-12-22-18-10-5-4-9-17(18)19(20(22)23)21-16-8-6-7-15(3)13-16/h4-10,13-14H,11-12H2,1-3H3. The third-order valence-electron chi connectivity index (χ3n) is 4.07. The first kappa shape index (κ1) is 15.5. The summed E-state index contributed by atoms with van der Waals surface area (Å²) < 4.78 is 0. The van der Waals surface area contributed by atoms with Crippen LogP contribution in [-0.4, -0.2) is 18.2 Å². The normalized spacial score (nSPS) is 15.6. The number of benzene rings is 2. The first-order chi connectivity index (χ1) is 11.1. The molecule has 0 saturated heterocycles. The second-order valence-electron chi connectivity index (χ2n) is 6.46. The van der Waals surface area contributed by atoms with Crippen LogP contribution in [-0.2, 0) is 4.79 Å². The molecule has 0 bridgehead atoms. The van der Waals surface area contributed by atoms with Crippen LogP contribution >= 0.6 is 0 Å². The fourth-order valence-corrected chi connectivity index (χ4v) is 2.81. The van der Waals surface area contributed by atoms with Crippen LogP contribution in [0.4, 0.5) is 11.4 Å². The fraction of sp³-hybridized carbons (Fsp3) is 0.300. The van der Waals surface area contributed by atoms with Crippen LogP contribution in [0.1, 0.15) is 31.4 Å². The molecule has 0 atom stereocenters. The highest BCUT2D eigenvalue weighted by molar-refractivity contribution is 6.54. The topological polar surface area (TPSA) is 32.7 Å². The first-order valence-electron chi connectivity index (χ1n) is 8.13. The number of aliphatic imine (C=N–C) groups is 1. The molecule has 0 spiro atoms. The molecule has 0 aromatic heterocycles. The highest BCUT2D eigenvalue weighted by atomic mass is 16.2. The van der Waals surface area contributed by atoms with Crippen LogP contribution in [0.3, 0.4) is 0 Å². The van der Waals surface area contributed by atoms with Crippen molar-refractivity contribution < 1.29 is 4.79 Å². The monoisotopic (exact) mass is 306 g/mol. The summed E-state index contributed by atoms with van der Waals surface area (Å²) in [6, 6.07) is 15.9. The van der Waals surface area contributed by atoms with Crippen molar-refractivity contribution in [2.24, 2.45) is 10.9 Å². The minimum atomic E-state index is 0.00774. The van der Waals surface area contributed by atoms with E-state index in [4.69, 9.17) is 0 Å². The number of anilines is 1. The van der Waals surface area contributed by atoms with Crippen molar-refractivity contribution in [3.8, 4) is 0 Å². The lowest BCUT2D eigenvalue weighted by Gasteiger charge is -2.17. The van der Waals surface area contributed by atoms with Gasteiger partial charge in [-0.25, -0.2) is 4.99 Å². The number of carbonyl (C=O) groups is 1. The molecule has 3 nitrogen and oxygen atoms in total. The quantitative estimate of drug-likeness (QED) is 0.818. The molecule has 0 fully saturated rings. The SMILES string of the molecule is Cc1cccc(N=C2C(=O)N(CCC(C)C)c3ccccc32)c1. The predicted molar refractivity (Wildman–Crippen MR) is 95.6 cm³/mol. The van der Waals surface area contributed by atoms with Crippen molar-refractivity contribution in [1.82, 2.24) is 0 Å². The first-order valence-corrected chi connectivity index (χ1v) is 8.13. The van der Waals surface area contributed by atoms with Gasteiger partial charge in [0.25, 0.3) is 5.91 Å². The zero-order valence-electron chi connectivity index (χ0n) is 13.9. The van der Waals surface area contributed by atoms with E-state index < -0.39 is 0 Å². The average molecular weight is 306 g/mol. The number of carbonyl (C=O) groups excluding carboxylic acids is 1. The van der Waals surface area contributed by atoms with Gasteiger partial charge in [-0.15, -0.1) is 0 Å². The van der Waals surface area contributed by atoms with Gasteiger partial charge in [-0.3, -0.25) is 4.79 Å². The number of aryl methyl sites for hydroxylation is 1. The Hall–Kier alpha value is -2.42. The molecule has 0 N–H and O–H groups in total. The van der Waals surface area contributed by atoms with E-state index in [0.29, 0.717) is 11.6 Å². The van der Waals surface area contributed by atoms with Crippen LogP contribution in [0.2, 0.25) is 0 Å². The van der Waals surface area contributed by atoms with Gasteiger partial charge in [0.15, 0.2) is 0 Å². The van der Waals surface area contributed by atoms with Crippen molar-refractivity contribution in [3.63, 3.8) is 0 Å². The number of hydrogen-bond donors (Lipinski definition) is 0. The number of amides is 1. The van der Waals surface area contributed by atoms with Crippen molar-refractivity contribution >= 4 is 23.0 Å². The summed E-state index contributed by atoms with van der Waals surface area (Å²) in [5, 5.41) is 0. The number of para-hydroxylation sites is 1. The molecular weight excluding hydrogens is 284 g/mol. The van der Waals surface area contributed by atoms with Gasteiger partial charge in [-0.05, 0) is 43.0 Å². The maximum Gasteiger partial charge on any atom is 0.277 e. The second kappa shape index (κ2) is 6.37. The smallest absolute Gasteiger partial charge is 0.277 e. The van der Waals surface area contributed by atoms with Crippen molar-refractivity contribution in [2.75, 3.05) is 11.4 Å². The van der Waals surface area contributed by atoms with Crippen molar-refractivity contribution in [2.45, 2.75) is 27.2 Å². The molecule has 0 saturated carbocycles. The van der Waals surface area contributed by atoms with Crippen LogP contribution in [0.25, 0.3) is 0 Å². The molecular formula is C20H22N2O. The summed E-state index contributed by atoms with van der Waals surface area (Å²) in [4.78, 5) is 19.4. The van der Waals surface area contributed by atoms with Gasteiger partial charge in [0.2, 0.25) is 0 Å². The molecule has 0 unspecified atom stereocenters. The van der Waals surface area contributed by atoms with Crippen molar-refractivity contribution in [3.05, 3.63) is 59.7 Å². The number of rotatable bonds is 4. The lowest BCUT2D eigenvalue weighted by atomic mass is 10.1. The average Bonchev–Trinajstić information content (AvgIpc) is 2.78. The van der Waals surface area contributed by atoms with Gasteiger partial charge < -0.3 is 4.90 Å². The molecule has 1 heterocycles. The summed E-state index contributed by atoms with van der Waals surface area (Å²) in [6.07, 6.45) is 0.984.